The highest BCUT2D eigenvalue weighted by Crippen LogP contribution is 2.30. The number of hydrogen-bond donors (Lipinski definition) is 5. The summed E-state index contributed by atoms with van der Waals surface area (Å²) in [4.78, 5) is 24.8. The standard InChI is InChI=1S/C14H16N2O5/c15-10(14(20)21)6-7(13(18)19)5-9-8-3-1-2-4-11(8)16-12(9)17/h1-4,7,10,16-17H,5-6,15H2,(H,18,19)(H,20,21). The third-order valence-electron chi connectivity index (χ3n) is 3.45. The van der Waals surface area contributed by atoms with E-state index in [4.69, 9.17) is 10.8 Å². The molecule has 0 bridgehead atoms. The van der Waals surface area contributed by atoms with Crippen molar-refractivity contribution in [3.8, 4) is 5.88 Å². The molecule has 7 nitrogen and oxygen atoms in total. The Balaban J connectivity index is 2.29. The van der Waals surface area contributed by atoms with Gasteiger partial charge in [-0.1, -0.05) is 18.2 Å². The molecule has 0 radical (unpaired) electrons. The number of H-pyrrole nitrogens is 1. The zero-order valence-electron chi connectivity index (χ0n) is 11.1. The molecule has 0 amide bonds. The number of hydrogen-bond acceptors (Lipinski definition) is 4. The van der Waals surface area contributed by atoms with Crippen molar-refractivity contribution in [1.29, 1.82) is 0 Å². The smallest absolute Gasteiger partial charge is 0.320 e. The minimum atomic E-state index is -1.25. The van der Waals surface area contributed by atoms with Gasteiger partial charge in [-0.2, -0.15) is 0 Å². The van der Waals surface area contributed by atoms with Gasteiger partial charge in [0.2, 0.25) is 0 Å². The third-order valence-corrected chi connectivity index (χ3v) is 3.45. The number of aromatic nitrogens is 1. The second-order valence-electron chi connectivity index (χ2n) is 4.92. The number of para-hydroxylation sites is 1. The van der Waals surface area contributed by atoms with Crippen LogP contribution in [0.15, 0.2) is 24.3 Å². The van der Waals surface area contributed by atoms with E-state index in [1.807, 2.05) is 0 Å². The first-order chi connectivity index (χ1) is 9.90. The second kappa shape index (κ2) is 5.84. The number of carboxylic acids is 2. The molecule has 2 aromatic rings. The number of aromatic amines is 1. The topological polar surface area (TPSA) is 137 Å². The molecule has 0 saturated carbocycles. The van der Waals surface area contributed by atoms with Crippen LogP contribution in [0.1, 0.15) is 12.0 Å². The van der Waals surface area contributed by atoms with Gasteiger partial charge in [0, 0.05) is 16.5 Å². The predicted molar refractivity (Wildman–Crippen MR) is 75.0 cm³/mol. The van der Waals surface area contributed by atoms with Crippen LogP contribution in [-0.2, 0) is 16.0 Å². The number of fused-ring (bicyclic) bond motifs is 1. The van der Waals surface area contributed by atoms with Gasteiger partial charge in [-0.15, -0.1) is 0 Å². The number of nitrogens with two attached hydrogens (primary N) is 1. The molecule has 1 heterocycles. The fourth-order valence-corrected chi connectivity index (χ4v) is 2.32. The van der Waals surface area contributed by atoms with E-state index in [2.05, 4.69) is 4.98 Å². The van der Waals surface area contributed by atoms with Crippen LogP contribution in [0.2, 0.25) is 0 Å². The Morgan fingerprint density at radius 1 is 1.19 bits per heavy atom. The molecule has 0 fully saturated rings. The largest absolute Gasteiger partial charge is 0.494 e. The molecule has 0 spiro atoms. The van der Waals surface area contributed by atoms with Crippen LogP contribution >= 0.6 is 0 Å². The molecule has 0 aliphatic carbocycles. The summed E-state index contributed by atoms with van der Waals surface area (Å²) in [5, 5.41) is 28.6. The van der Waals surface area contributed by atoms with E-state index in [9.17, 15) is 19.8 Å². The highest BCUT2D eigenvalue weighted by atomic mass is 16.4. The Bertz CT molecular complexity index is 679. The van der Waals surface area contributed by atoms with E-state index in [0.29, 0.717) is 16.5 Å². The molecule has 1 aromatic heterocycles. The van der Waals surface area contributed by atoms with Gasteiger partial charge in [0.15, 0.2) is 5.88 Å². The first kappa shape index (κ1) is 14.9. The lowest BCUT2D eigenvalue weighted by atomic mass is 9.92. The van der Waals surface area contributed by atoms with Crippen molar-refractivity contribution in [3.05, 3.63) is 29.8 Å². The number of carboxylic acid groups (broad SMARTS) is 2. The summed E-state index contributed by atoms with van der Waals surface area (Å²) >= 11 is 0. The van der Waals surface area contributed by atoms with Gasteiger partial charge in [-0.05, 0) is 18.9 Å². The molecule has 0 aliphatic rings. The van der Waals surface area contributed by atoms with Crippen LogP contribution in [0.25, 0.3) is 10.9 Å². The summed E-state index contributed by atoms with van der Waals surface area (Å²) in [5.41, 5.74) is 6.55. The van der Waals surface area contributed by atoms with Crippen LogP contribution < -0.4 is 5.73 Å². The Morgan fingerprint density at radius 2 is 1.86 bits per heavy atom. The molecule has 2 unspecified atom stereocenters. The predicted octanol–water partition coefficient (Wildman–Crippen LogP) is 0.919. The monoisotopic (exact) mass is 292 g/mol. The molecule has 6 N–H and O–H groups in total. The molecule has 7 heteroatoms. The SMILES string of the molecule is NC(CC(Cc1c(O)[nH]c2ccccc12)C(=O)O)C(=O)O. The average molecular weight is 292 g/mol. The maximum Gasteiger partial charge on any atom is 0.320 e. The lowest BCUT2D eigenvalue weighted by Crippen LogP contribution is -2.35. The number of benzene rings is 1. The minimum Gasteiger partial charge on any atom is -0.494 e. The van der Waals surface area contributed by atoms with E-state index < -0.39 is 23.9 Å². The van der Waals surface area contributed by atoms with Gasteiger partial charge in [-0.25, -0.2) is 0 Å². The van der Waals surface area contributed by atoms with Crippen molar-refractivity contribution in [3.63, 3.8) is 0 Å². The lowest BCUT2D eigenvalue weighted by Gasteiger charge is -2.14. The Morgan fingerprint density at radius 3 is 2.48 bits per heavy atom. The third kappa shape index (κ3) is 3.14. The number of nitrogens with one attached hydrogen (secondary N) is 1. The highest BCUT2D eigenvalue weighted by Gasteiger charge is 2.26. The van der Waals surface area contributed by atoms with Crippen LogP contribution in [0.3, 0.4) is 0 Å². The number of aliphatic carboxylic acids is 2. The Labute approximate surface area is 120 Å². The molecule has 0 saturated heterocycles. The van der Waals surface area contributed by atoms with Crippen molar-refractivity contribution in [1.82, 2.24) is 4.98 Å². The summed E-state index contributed by atoms with van der Waals surface area (Å²) in [6, 6.07) is 5.84. The summed E-state index contributed by atoms with van der Waals surface area (Å²) in [7, 11) is 0. The molecular formula is C14H16N2O5. The molecule has 1 aromatic carbocycles. The zero-order valence-corrected chi connectivity index (χ0v) is 11.1. The lowest BCUT2D eigenvalue weighted by molar-refractivity contribution is -0.143. The van der Waals surface area contributed by atoms with E-state index >= 15 is 0 Å². The molecular weight excluding hydrogens is 276 g/mol. The van der Waals surface area contributed by atoms with Crippen molar-refractivity contribution in [2.45, 2.75) is 18.9 Å². The van der Waals surface area contributed by atoms with E-state index in [0.717, 1.165) is 0 Å². The van der Waals surface area contributed by atoms with Gasteiger partial charge in [0.25, 0.3) is 0 Å². The van der Waals surface area contributed by atoms with Gasteiger partial charge in [0.05, 0.1) is 5.92 Å². The highest BCUT2D eigenvalue weighted by molar-refractivity contribution is 5.86. The molecule has 0 aliphatic heterocycles. The van der Waals surface area contributed by atoms with Crippen LogP contribution in [-0.4, -0.2) is 38.3 Å². The number of aromatic hydroxyl groups is 1. The summed E-state index contributed by atoms with van der Waals surface area (Å²) in [5.74, 6) is -3.48. The fraction of sp³-hybridized carbons (Fsp3) is 0.286. The van der Waals surface area contributed by atoms with Crippen molar-refractivity contribution in [2.24, 2.45) is 11.7 Å². The summed E-state index contributed by atoms with van der Waals surface area (Å²) in [6.07, 6.45) is -0.199. The fourth-order valence-electron chi connectivity index (χ4n) is 2.32. The maximum absolute atomic E-state index is 11.3. The van der Waals surface area contributed by atoms with Crippen molar-refractivity contribution in [2.75, 3.05) is 0 Å². The second-order valence-corrected chi connectivity index (χ2v) is 4.92. The van der Waals surface area contributed by atoms with Gasteiger partial charge in [-0.3, -0.25) is 9.59 Å². The van der Waals surface area contributed by atoms with Crippen molar-refractivity contribution < 1.29 is 24.9 Å². The zero-order chi connectivity index (χ0) is 15.6. The molecule has 2 rings (SSSR count). The van der Waals surface area contributed by atoms with Gasteiger partial charge < -0.3 is 26.0 Å². The van der Waals surface area contributed by atoms with Gasteiger partial charge >= 0.3 is 11.9 Å². The quantitative estimate of drug-likeness (QED) is 0.537. The van der Waals surface area contributed by atoms with Crippen LogP contribution in [0.4, 0.5) is 0 Å². The van der Waals surface area contributed by atoms with Crippen molar-refractivity contribution >= 4 is 22.8 Å². The van der Waals surface area contributed by atoms with Gasteiger partial charge in [0.1, 0.15) is 6.04 Å². The van der Waals surface area contributed by atoms with E-state index in [1.165, 1.54) is 0 Å². The summed E-state index contributed by atoms with van der Waals surface area (Å²) < 4.78 is 0. The first-order valence-electron chi connectivity index (χ1n) is 6.40. The van der Waals surface area contributed by atoms with E-state index in [1.54, 1.807) is 24.3 Å². The molecule has 21 heavy (non-hydrogen) atoms. The Hall–Kier alpha value is -2.54. The number of carbonyl (C=O) groups is 2. The molecule has 2 atom stereocenters. The minimum absolute atomic E-state index is 0.00611. The maximum atomic E-state index is 11.3. The Kier molecular flexibility index (Phi) is 4.13. The number of rotatable bonds is 6. The molecule has 112 valence electrons. The normalized spacial score (nSPS) is 14.0. The van der Waals surface area contributed by atoms with Crippen LogP contribution in [0, 0.1) is 5.92 Å². The summed E-state index contributed by atoms with van der Waals surface area (Å²) in [6.45, 7) is 0. The first-order valence-corrected chi connectivity index (χ1v) is 6.40. The van der Waals surface area contributed by atoms with E-state index in [-0.39, 0.29) is 18.7 Å². The van der Waals surface area contributed by atoms with Crippen LogP contribution in [0.5, 0.6) is 5.88 Å². The average Bonchev–Trinajstić information content (AvgIpc) is 2.73.